The zero-order valence-corrected chi connectivity index (χ0v) is 18.9. The summed E-state index contributed by atoms with van der Waals surface area (Å²) in [5.41, 5.74) is 9.51. The van der Waals surface area contributed by atoms with Crippen molar-refractivity contribution in [2.75, 3.05) is 0 Å². The molecular formula is C32H21NO2. The van der Waals surface area contributed by atoms with Crippen LogP contribution in [0.2, 0.25) is 0 Å². The van der Waals surface area contributed by atoms with Gasteiger partial charge in [-0.3, -0.25) is 0 Å². The van der Waals surface area contributed by atoms with Gasteiger partial charge in [0.1, 0.15) is 6.61 Å². The molecule has 166 valence electrons. The van der Waals surface area contributed by atoms with E-state index in [0.29, 0.717) is 12.2 Å². The Morgan fingerprint density at radius 2 is 1.14 bits per heavy atom. The Morgan fingerprint density at radius 3 is 1.71 bits per heavy atom. The minimum absolute atomic E-state index is 0.250. The van der Waals surface area contributed by atoms with Gasteiger partial charge in [-0.25, -0.2) is 4.79 Å². The van der Waals surface area contributed by atoms with Crippen molar-refractivity contribution in [2.45, 2.75) is 6.61 Å². The average molecular weight is 452 g/mol. The molecular weight excluding hydrogens is 430 g/mol. The second-order valence-electron chi connectivity index (χ2n) is 8.95. The van der Waals surface area contributed by atoms with Gasteiger partial charge in [-0.05, 0) is 58.7 Å². The molecule has 0 fully saturated rings. The number of hydrogen-bond acceptors (Lipinski definition) is 2. The highest BCUT2D eigenvalue weighted by Crippen LogP contribution is 2.37. The van der Waals surface area contributed by atoms with Crippen LogP contribution in [0.5, 0.6) is 0 Å². The molecule has 0 radical (unpaired) electrons. The summed E-state index contributed by atoms with van der Waals surface area (Å²) >= 11 is 0. The molecule has 3 heteroatoms. The van der Waals surface area contributed by atoms with E-state index in [0.717, 1.165) is 22.3 Å². The van der Waals surface area contributed by atoms with E-state index < -0.39 is 0 Å². The Labute approximate surface area is 202 Å². The molecule has 0 saturated heterocycles. The third kappa shape index (κ3) is 3.17. The van der Waals surface area contributed by atoms with E-state index >= 15 is 0 Å². The topological polar surface area (TPSA) is 31.2 Å². The lowest BCUT2D eigenvalue weighted by Crippen LogP contribution is -1.98. The highest BCUT2D eigenvalue weighted by atomic mass is 16.5. The third-order valence-electron chi connectivity index (χ3n) is 6.91. The van der Waals surface area contributed by atoms with Gasteiger partial charge in [0.25, 0.3) is 0 Å². The van der Waals surface area contributed by atoms with Crippen LogP contribution in [0.1, 0.15) is 15.9 Å². The highest BCUT2D eigenvalue weighted by molar-refractivity contribution is 6.11. The zero-order valence-electron chi connectivity index (χ0n) is 18.9. The summed E-state index contributed by atoms with van der Waals surface area (Å²) in [4.78, 5) is 12.3. The molecule has 0 atom stereocenters. The fraction of sp³-hybridized carbons (Fsp3) is 0.0312. The molecule has 5 aromatic carbocycles. The molecule has 0 saturated carbocycles. The van der Waals surface area contributed by atoms with Gasteiger partial charge in [-0.15, -0.1) is 0 Å². The fourth-order valence-corrected chi connectivity index (χ4v) is 5.16. The van der Waals surface area contributed by atoms with Crippen molar-refractivity contribution < 1.29 is 9.53 Å². The summed E-state index contributed by atoms with van der Waals surface area (Å²) in [7, 11) is 0. The molecule has 3 nitrogen and oxygen atoms in total. The monoisotopic (exact) mass is 451 g/mol. The van der Waals surface area contributed by atoms with E-state index in [2.05, 4.69) is 95.6 Å². The van der Waals surface area contributed by atoms with Crippen LogP contribution < -0.4 is 0 Å². The summed E-state index contributed by atoms with van der Waals surface area (Å²) in [5.74, 6) is -0.250. The number of rotatable bonds is 3. The zero-order chi connectivity index (χ0) is 23.4. The Bertz CT molecular complexity index is 1650. The van der Waals surface area contributed by atoms with E-state index in [4.69, 9.17) is 4.74 Å². The number of benzene rings is 5. The minimum atomic E-state index is -0.250. The minimum Gasteiger partial charge on any atom is -0.457 e. The van der Waals surface area contributed by atoms with Crippen LogP contribution in [0.4, 0.5) is 0 Å². The number of cyclic esters (lactones) is 1. The summed E-state index contributed by atoms with van der Waals surface area (Å²) in [6, 6.07) is 40.2. The van der Waals surface area contributed by atoms with Gasteiger partial charge < -0.3 is 9.30 Å². The first-order chi connectivity index (χ1) is 17.3. The Kier molecular flexibility index (Phi) is 4.36. The molecule has 0 unspecified atom stereocenters. The first-order valence-electron chi connectivity index (χ1n) is 11.8. The van der Waals surface area contributed by atoms with Crippen LogP contribution in [-0.2, 0) is 11.3 Å². The van der Waals surface area contributed by atoms with Gasteiger partial charge in [-0.2, -0.15) is 0 Å². The first kappa shape index (κ1) is 19.8. The van der Waals surface area contributed by atoms with E-state index in [9.17, 15) is 4.79 Å². The number of nitrogens with zero attached hydrogens (tertiary/aromatic N) is 1. The molecule has 0 bridgehead atoms. The molecule has 0 aliphatic carbocycles. The lowest BCUT2D eigenvalue weighted by Gasteiger charge is -2.10. The summed E-state index contributed by atoms with van der Waals surface area (Å²) in [5, 5.41) is 2.37. The van der Waals surface area contributed by atoms with Crippen molar-refractivity contribution >= 4 is 27.8 Å². The number of fused-ring (bicyclic) bond motifs is 4. The van der Waals surface area contributed by atoms with Gasteiger partial charge >= 0.3 is 5.97 Å². The maximum Gasteiger partial charge on any atom is 0.338 e. The smallest absolute Gasteiger partial charge is 0.338 e. The second kappa shape index (κ2) is 7.71. The van der Waals surface area contributed by atoms with Gasteiger partial charge in [0, 0.05) is 22.0 Å². The SMILES string of the molecule is O=C1OCc2ccc(-n3c4ccc(-c5ccccc5)cc4c4cc(-c5ccccc5)ccc43)cc21. The number of esters is 1. The summed E-state index contributed by atoms with van der Waals surface area (Å²) in [6.07, 6.45) is 0. The average Bonchev–Trinajstić information content (AvgIpc) is 3.46. The molecule has 1 aliphatic rings. The van der Waals surface area contributed by atoms with Crippen molar-refractivity contribution in [3.8, 4) is 27.9 Å². The number of carbonyl (C=O) groups is 1. The highest BCUT2D eigenvalue weighted by Gasteiger charge is 2.23. The molecule has 1 aliphatic heterocycles. The predicted octanol–water partition coefficient (Wildman–Crippen LogP) is 7.79. The molecule has 35 heavy (non-hydrogen) atoms. The van der Waals surface area contributed by atoms with Gasteiger partial charge in [0.15, 0.2) is 0 Å². The van der Waals surface area contributed by atoms with Crippen LogP contribution in [0, 0.1) is 0 Å². The lowest BCUT2D eigenvalue weighted by atomic mass is 10.0. The maximum atomic E-state index is 12.3. The first-order valence-corrected chi connectivity index (χ1v) is 11.8. The van der Waals surface area contributed by atoms with Crippen LogP contribution >= 0.6 is 0 Å². The van der Waals surface area contributed by atoms with E-state index in [1.165, 1.54) is 33.0 Å². The van der Waals surface area contributed by atoms with Crippen molar-refractivity contribution in [3.63, 3.8) is 0 Å². The van der Waals surface area contributed by atoms with Gasteiger partial charge in [-0.1, -0.05) is 78.9 Å². The van der Waals surface area contributed by atoms with E-state index in [-0.39, 0.29) is 5.97 Å². The molecule has 0 spiro atoms. The lowest BCUT2D eigenvalue weighted by molar-refractivity contribution is 0.0535. The molecule has 6 aromatic rings. The molecule has 0 N–H and O–H groups in total. The molecule has 0 amide bonds. The number of ether oxygens (including phenoxy) is 1. The van der Waals surface area contributed by atoms with E-state index in [1.54, 1.807) is 0 Å². The number of hydrogen-bond donors (Lipinski definition) is 0. The summed E-state index contributed by atoms with van der Waals surface area (Å²) in [6.45, 7) is 0.350. The summed E-state index contributed by atoms with van der Waals surface area (Å²) < 4.78 is 7.50. The van der Waals surface area contributed by atoms with E-state index in [1.807, 2.05) is 24.3 Å². The Morgan fingerprint density at radius 1 is 0.571 bits per heavy atom. The third-order valence-corrected chi connectivity index (χ3v) is 6.91. The van der Waals surface area contributed by atoms with Crippen LogP contribution in [-0.4, -0.2) is 10.5 Å². The largest absolute Gasteiger partial charge is 0.457 e. The quantitative estimate of drug-likeness (QED) is 0.257. The number of aromatic nitrogens is 1. The molecule has 7 rings (SSSR count). The standard InChI is InChI=1S/C32H21NO2/c34-32-27-19-26(14-11-25(27)20-35-32)33-30-15-12-23(21-7-3-1-4-8-21)17-28(30)29-18-24(13-16-31(29)33)22-9-5-2-6-10-22/h1-19H,20H2. The number of carbonyl (C=O) groups excluding carboxylic acids is 1. The van der Waals surface area contributed by atoms with Gasteiger partial charge in [0.05, 0.1) is 16.6 Å². The van der Waals surface area contributed by atoms with Crippen molar-refractivity contribution in [2.24, 2.45) is 0 Å². The predicted molar refractivity (Wildman–Crippen MR) is 141 cm³/mol. The normalized spacial score (nSPS) is 12.7. The second-order valence-corrected chi connectivity index (χ2v) is 8.95. The van der Waals surface area contributed by atoms with Gasteiger partial charge in [0.2, 0.25) is 0 Å². The molecule has 2 heterocycles. The van der Waals surface area contributed by atoms with Crippen molar-refractivity contribution in [1.29, 1.82) is 0 Å². The van der Waals surface area contributed by atoms with Crippen molar-refractivity contribution in [3.05, 3.63) is 126 Å². The Hall–Kier alpha value is -4.63. The fourth-order valence-electron chi connectivity index (χ4n) is 5.16. The molecule has 1 aromatic heterocycles. The van der Waals surface area contributed by atoms with Crippen molar-refractivity contribution in [1.82, 2.24) is 4.57 Å². The maximum absolute atomic E-state index is 12.3. The van der Waals surface area contributed by atoms with Crippen LogP contribution in [0.3, 0.4) is 0 Å². The van der Waals surface area contributed by atoms with Crippen LogP contribution in [0.25, 0.3) is 49.7 Å². The van der Waals surface area contributed by atoms with Crippen LogP contribution in [0.15, 0.2) is 115 Å². The Balaban J connectivity index is 1.52.